The molecule has 1 aromatic carbocycles. The molecule has 1 aliphatic rings. The van der Waals surface area contributed by atoms with E-state index in [0.717, 1.165) is 25.7 Å². The van der Waals surface area contributed by atoms with E-state index in [4.69, 9.17) is 0 Å². The number of likely N-dealkylation sites (N-methyl/N-ethyl adjacent to an activating group) is 2. The highest BCUT2D eigenvalue weighted by molar-refractivity contribution is 5.20. The number of hydrogen-bond acceptors (Lipinski definition) is 3. The van der Waals surface area contributed by atoms with Crippen LogP contribution in [0.1, 0.15) is 38.3 Å². The summed E-state index contributed by atoms with van der Waals surface area (Å²) in [5, 5.41) is 3.72. The van der Waals surface area contributed by atoms with Gasteiger partial charge in [0.25, 0.3) is 0 Å². The van der Waals surface area contributed by atoms with Gasteiger partial charge in [-0.25, -0.2) is 0 Å². The Balaban J connectivity index is 2.10. The summed E-state index contributed by atoms with van der Waals surface area (Å²) in [6.45, 7) is 7.86. The van der Waals surface area contributed by atoms with Crippen molar-refractivity contribution < 1.29 is 0 Å². The van der Waals surface area contributed by atoms with Crippen molar-refractivity contribution >= 4 is 0 Å². The molecule has 1 saturated carbocycles. The molecule has 1 N–H and O–H groups in total. The molecule has 118 valence electrons. The van der Waals surface area contributed by atoms with Crippen molar-refractivity contribution in [1.82, 2.24) is 15.1 Å². The third-order valence-electron chi connectivity index (χ3n) is 4.32. The first-order valence-electron chi connectivity index (χ1n) is 8.30. The van der Waals surface area contributed by atoms with E-state index in [0.29, 0.717) is 12.1 Å². The van der Waals surface area contributed by atoms with Crippen LogP contribution in [0.3, 0.4) is 0 Å². The number of rotatable bonds is 9. The minimum Gasteiger partial charge on any atom is -0.312 e. The molecule has 0 aromatic heterocycles. The maximum Gasteiger partial charge on any atom is 0.0476 e. The summed E-state index contributed by atoms with van der Waals surface area (Å²) in [6, 6.07) is 12.7. The molecular weight excluding hydrogens is 258 g/mol. The Hall–Kier alpha value is -0.900. The molecule has 1 fully saturated rings. The first-order chi connectivity index (χ1) is 10.1. The fourth-order valence-electron chi connectivity index (χ4n) is 3.14. The third kappa shape index (κ3) is 5.10. The van der Waals surface area contributed by atoms with Crippen LogP contribution >= 0.6 is 0 Å². The minimum absolute atomic E-state index is 0.465. The van der Waals surface area contributed by atoms with Crippen molar-refractivity contribution in [2.45, 2.75) is 44.8 Å². The van der Waals surface area contributed by atoms with Gasteiger partial charge in [0.2, 0.25) is 0 Å². The molecule has 0 aliphatic heterocycles. The molecule has 0 radical (unpaired) electrons. The van der Waals surface area contributed by atoms with Gasteiger partial charge < -0.3 is 10.2 Å². The van der Waals surface area contributed by atoms with E-state index in [9.17, 15) is 0 Å². The van der Waals surface area contributed by atoms with Crippen LogP contribution in [0.25, 0.3) is 0 Å². The zero-order valence-electron chi connectivity index (χ0n) is 14.0. The Bertz CT molecular complexity index is 400. The summed E-state index contributed by atoms with van der Waals surface area (Å²) >= 11 is 0. The monoisotopic (exact) mass is 289 g/mol. The predicted molar refractivity (Wildman–Crippen MR) is 90.6 cm³/mol. The second-order valence-electron chi connectivity index (χ2n) is 6.55. The van der Waals surface area contributed by atoms with Crippen LogP contribution in [0.5, 0.6) is 0 Å². The Kier molecular flexibility index (Phi) is 6.22. The van der Waals surface area contributed by atoms with E-state index < -0.39 is 0 Å². The summed E-state index contributed by atoms with van der Waals surface area (Å²) in [5.41, 5.74) is 1.43. The molecule has 0 amide bonds. The first-order valence-corrected chi connectivity index (χ1v) is 8.30. The van der Waals surface area contributed by atoms with E-state index in [2.05, 4.69) is 73.4 Å². The maximum absolute atomic E-state index is 3.72. The third-order valence-corrected chi connectivity index (χ3v) is 4.32. The molecule has 2 rings (SSSR count). The Morgan fingerprint density at radius 1 is 1.19 bits per heavy atom. The van der Waals surface area contributed by atoms with E-state index in [1.807, 2.05) is 0 Å². The summed E-state index contributed by atoms with van der Waals surface area (Å²) in [7, 11) is 4.31. The van der Waals surface area contributed by atoms with Crippen LogP contribution in [0.15, 0.2) is 30.3 Å². The van der Waals surface area contributed by atoms with E-state index in [1.165, 1.54) is 18.4 Å². The molecule has 0 heterocycles. The van der Waals surface area contributed by atoms with Crippen molar-refractivity contribution in [3.63, 3.8) is 0 Å². The van der Waals surface area contributed by atoms with Gasteiger partial charge in [-0.3, -0.25) is 4.90 Å². The molecular formula is C18H31N3. The van der Waals surface area contributed by atoms with Gasteiger partial charge in [0.1, 0.15) is 0 Å². The number of nitrogens with zero attached hydrogens (tertiary/aromatic N) is 2. The highest BCUT2D eigenvalue weighted by atomic mass is 15.2. The highest BCUT2D eigenvalue weighted by Crippen LogP contribution is 2.25. The van der Waals surface area contributed by atoms with Gasteiger partial charge in [-0.2, -0.15) is 0 Å². The quantitative estimate of drug-likeness (QED) is 0.754. The lowest BCUT2D eigenvalue weighted by molar-refractivity contribution is 0.125. The zero-order chi connectivity index (χ0) is 15.2. The van der Waals surface area contributed by atoms with Gasteiger partial charge in [0.05, 0.1) is 0 Å². The van der Waals surface area contributed by atoms with Crippen molar-refractivity contribution in [2.75, 3.05) is 33.7 Å². The molecule has 0 bridgehead atoms. The summed E-state index contributed by atoms with van der Waals surface area (Å²) in [4.78, 5) is 4.91. The molecule has 0 spiro atoms. The van der Waals surface area contributed by atoms with Crippen molar-refractivity contribution in [3.8, 4) is 0 Å². The number of hydrogen-bond donors (Lipinski definition) is 1. The van der Waals surface area contributed by atoms with Gasteiger partial charge >= 0.3 is 0 Å². The topological polar surface area (TPSA) is 18.5 Å². The number of benzene rings is 1. The summed E-state index contributed by atoms with van der Waals surface area (Å²) in [5.74, 6) is 0. The second-order valence-corrected chi connectivity index (χ2v) is 6.55. The molecule has 3 nitrogen and oxygen atoms in total. The molecule has 1 aromatic rings. The molecule has 2 unspecified atom stereocenters. The number of nitrogens with one attached hydrogen (secondary N) is 1. The molecule has 2 atom stereocenters. The lowest BCUT2D eigenvalue weighted by Crippen LogP contribution is -2.45. The van der Waals surface area contributed by atoms with Crippen LogP contribution in [0.4, 0.5) is 0 Å². The molecule has 0 saturated heterocycles. The predicted octanol–water partition coefficient (Wildman–Crippen LogP) is 2.75. The Morgan fingerprint density at radius 2 is 1.86 bits per heavy atom. The smallest absolute Gasteiger partial charge is 0.0476 e. The van der Waals surface area contributed by atoms with Crippen LogP contribution in [0, 0.1) is 0 Å². The van der Waals surface area contributed by atoms with E-state index in [-0.39, 0.29) is 0 Å². The Morgan fingerprint density at radius 3 is 2.38 bits per heavy atom. The minimum atomic E-state index is 0.465. The maximum atomic E-state index is 3.72. The van der Waals surface area contributed by atoms with Crippen LogP contribution in [-0.2, 0) is 0 Å². The summed E-state index contributed by atoms with van der Waals surface area (Å²) < 4.78 is 0. The summed E-state index contributed by atoms with van der Waals surface area (Å²) in [6.07, 6.45) is 2.70. The fraction of sp³-hybridized carbons (Fsp3) is 0.667. The van der Waals surface area contributed by atoms with Gasteiger partial charge in [-0.1, -0.05) is 37.3 Å². The standard InChI is InChI=1S/C18H31N3/c1-5-21(15(2)14-20(3)4)18(13-19-17-11-12-17)16-9-7-6-8-10-16/h6-10,15,17-19H,5,11-14H2,1-4H3. The normalized spacial score (nSPS) is 18.2. The van der Waals surface area contributed by atoms with Gasteiger partial charge in [-0.05, 0) is 46.0 Å². The van der Waals surface area contributed by atoms with Crippen molar-refractivity contribution in [1.29, 1.82) is 0 Å². The molecule has 21 heavy (non-hydrogen) atoms. The van der Waals surface area contributed by atoms with Crippen molar-refractivity contribution in [2.24, 2.45) is 0 Å². The van der Waals surface area contributed by atoms with E-state index in [1.54, 1.807) is 0 Å². The molecule has 1 aliphatic carbocycles. The first kappa shape index (κ1) is 16.5. The second kappa shape index (κ2) is 7.92. The lowest BCUT2D eigenvalue weighted by atomic mass is 10.0. The average molecular weight is 289 g/mol. The van der Waals surface area contributed by atoms with Crippen molar-refractivity contribution in [3.05, 3.63) is 35.9 Å². The largest absolute Gasteiger partial charge is 0.312 e. The van der Waals surface area contributed by atoms with Gasteiger partial charge in [-0.15, -0.1) is 0 Å². The van der Waals surface area contributed by atoms with Gasteiger partial charge in [0, 0.05) is 31.2 Å². The van der Waals surface area contributed by atoms with E-state index >= 15 is 0 Å². The highest BCUT2D eigenvalue weighted by Gasteiger charge is 2.27. The SMILES string of the molecule is CCN(C(C)CN(C)C)C(CNC1CC1)c1ccccc1. The van der Waals surface area contributed by atoms with Crippen LogP contribution < -0.4 is 5.32 Å². The van der Waals surface area contributed by atoms with Crippen LogP contribution in [-0.4, -0.2) is 55.6 Å². The lowest BCUT2D eigenvalue weighted by Gasteiger charge is -2.37. The average Bonchev–Trinajstić information content (AvgIpc) is 3.27. The fourth-order valence-corrected chi connectivity index (χ4v) is 3.14. The van der Waals surface area contributed by atoms with Crippen LogP contribution in [0.2, 0.25) is 0 Å². The zero-order valence-corrected chi connectivity index (χ0v) is 14.0. The van der Waals surface area contributed by atoms with Gasteiger partial charge in [0.15, 0.2) is 0 Å². The molecule has 3 heteroatoms. The Labute approximate surface area is 130 Å².